The van der Waals surface area contributed by atoms with Crippen LogP contribution in [0.25, 0.3) is 0 Å². The first-order valence-corrected chi connectivity index (χ1v) is 9.03. The van der Waals surface area contributed by atoms with E-state index in [1.807, 2.05) is 18.2 Å². The number of halogens is 2. The normalized spacial score (nSPS) is 13.6. The first kappa shape index (κ1) is 15.4. The molecular weight excluding hydrogens is 419 g/mol. The first-order valence-electron chi connectivity index (χ1n) is 5.10. The minimum Gasteiger partial charge on any atom is -0.388 e. The molecule has 0 amide bonds. The fourth-order valence-corrected chi connectivity index (χ4v) is 3.23. The van der Waals surface area contributed by atoms with E-state index in [4.69, 9.17) is 0 Å². The van der Waals surface area contributed by atoms with Crippen molar-refractivity contribution in [1.82, 2.24) is 0 Å². The highest BCUT2D eigenvalue weighted by Gasteiger charge is 2.12. The van der Waals surface area contributed by atoms with Crippen molar-refractivity contribution in [3.05, 3.63) is 31.8 Å². The van der Waals surface area contributed by atoms with E-state index in [0.29, 0.717) is 12.8 Å². The molecule has 0 saturated heterocycles. The van der Waals surface area contributed by atoms with Crippen LogP contribution in [0.3, 0.4) is 0 Å². The molecule has 17 heavy (non-hydrogen) atoms. The van der Waals surface area contributed by atoms with E-state index < -0.39 is 15.9 Å². The molecule has 0 aliphatic carbocycles. The van der Waals surface area contributed by atoms with Gasteiger partial charge in [0.15, 0.2) is 0 Å². The summed E-state index contributed by atoms with van der Waals surface area (Å²) in [6.07, 6.45) is 1.53. The highest BCUT2D eigenvalue weighted by molar-refractivity contribution is 14.1. The third-order valence-electron chi connectivity index (χ3n) is 2.31. The molecule has 1 N–H and O–H groups in total. The minimum atomic E-state index is -2.94. The maximum absolute atomic E-state index is 11.0. The van der Waals surface area contributed by atoms with Crippen LogP contribution in [0, 0.1) is 3.57 Å². The molecular formula is C11H14BrIO3S. The second kappa shape index (κ2) is 6.49. The van der Waals surface area contributed by atoms with Gasteiger partial charge in [-0.15, -0.1) is 0 Å². The van der Waals surface area contributed by atoms with Gasteiger partial charge in [0.25, 0.3) is 0 Å². The van der Waals surface area contributed by atoms with Gasteiger partial charge < -0.3 is 5.11 Å². The van der Waals surface area contributed by atoms with Crippen molar-refractivity contribution in [3.63, 3.8) is 0 Å². The summed E-state index contributed by atoms with van der Waals surface area (Å²) < 4.78 is 23.9. The van der Waals surface area contributed by atoms with E-state index in [-0.39, 0.29) is 5.75 Å². The number of hydrogen-bond donors (Lipinski definition) is 1. The lowest BCUT2D eigenvalue weighted by atomic mass is 10.1. The zero-order valence-electron chi connectivity index (χ0n) is 9.36. The molecule has 1 atom stereocenters. The standard InChI is InChI=1S/C11H14BrIO3S/c1-17(15,16)6-2-3-11(14)9-7-8(12)4-5-10(9)13/h4-5,7,11,14H,2-3,6H2,1H3. The second-order valence-corrected chi connectivity index (χ2v) is 8.29. The van der Waals surface area contributed by atoms with Gasteiger partial charge >= 0.3 is 0 Å². The molecule has 1 unspecified atom stereocenters. The summed E-state index contributed by atoms with van der Waals surface area (Å²) in [5.74, 6) is 0.120. The van der Waals surface area contributed by atoms with Crippen LogP contribution in [-0.4, -0.2) is 25.5 Å². The summed E-state index contributed by atoms with van der Waals surface area (Å²) in [7, 11) is -2.94. The molecule has 0 aliphatic rings. The Balaban J connectivity index is 2.64. The van der Waals surface area contributed by atoms with Crippen LogP contribution in [0.5, 0.6) is 0 Å². The van der Waals surface area contributed by atoms with E-state index in [1.54, 1.807) is 0 Å². The van der Waals surface area contributed by atoms with Crippen molar-refractivity contribution in [3.8, 4) is 0 Å². The molecule has 0 spiro atoms. The smallest absolute Gasteiger partial charge is 0.147 e. The minimum absolute atomic E-state index is 0.120. The largest absolute Gasteiger partial charge is 0.388 e. The average molecular weight is 433 g/mol. The van der Waals surface area contributed by atoms with Crippen LogP contribution in [0.1, 0.15) is 24.5 Å². The van der Waals surface area contributed by atoms with Crippen molar-refractivity contribution in [2.75, 3.05) is 12.0 Å². The molecule has 1 rings (SSSR count). The third kappa shape index (κ3) is 5.67. The third-order valence-corrected chi connectivity index (χ3v) is 4.82. The van der Waals surface area contributed by atoms with Crippen molar-refractivity contribution in [2.24, 2.45) is 0 Å². The Hall–Kier alpha value is 0.340. The summed E-state index contributed by atoms with van der Waals surface area (Å²) in [6.45, 7) is 0. The van der Waals surface area contributed by atoms with Crippen molar-refractivity contribution in [1.29, 1.82) is 0 Å². The number of rotatable bonds is 5. The Morgan fingerprint density at radius 3 is 2.71 bits per heavy atom. The Labute approximate surface area is 124 Å². The van der Waals surface area contributed by atoms with E-state index in [2.05, 4.69) is 38.5 Å². The molecule has 0 aromatic heterocycles. The average Bonchev–Trinajstić information content (AvgIpc) is 2.19. The van der Waals surface area contributed by atoms with E-state index >= 15 is 0 Å². The van der Waals surface area contributed by atoms with Crippen LogP contribution >= 0.6 is 38.5 Å². The number of hydrogen-bond acceptors (Lipinski definition) is 3. The maximum atomic E-state index is 11.0. The molecule has 6 heteroatoms. The monoisotopic (exact) mass is 432 g/mol. The van der Waals surface area contributed by atoms with Crippen LogP contribution in [0.2, 0.25) is 0 Å². The molecule has 0 aliphatic heterocycles. The van der Waals surface area contributed by atoms with Gasteiger partial charge in [-0.25, -0.2) is 8.42 Å². The number of sulfone groups is 1. The Bertz CT molecular complexity index is 487. The zero-order chi connectivity index (χ0) is 13.1. The van der Waals surface area contributed by atoms with Gasteiger partial charge in [0, 0.05) is 20.1 Å². The Kier molecular flexibility index (Phi) is 5.88. The van der Waals surface area contributed by atoms with Gasteiger partial charge in [-0.3, -0.25) is 0 Å². The second-order valence-electron chi connectivity index (χ2n) is 3.95. The lowest BCUT2D eigenvalue weighted by molar-refractivity contribution is 0.166. The predicted molar refractivity (Wildman–Crippen MR) is 80.8 cm³/mol. The number of aliphatic hydroxyl groups excluding tert-OH is 1. The quantitative estimate of drug-likeness (QED) is 0.728. The molecule has 1 aromatic rings. The summed E-state index contributed by atoms with van der Waals surface area (Å²) in [4.78, 5) is 0. The zero-order valence-corrected chi connectivity index (χ0v) is 13.9. The van der Waals surface area contributed by atoms with Crippen molar-refractivity contribution >= 4 is 48.4 Å². The SMILES string of the molecule is CS(=O)(=O)CCCC(O)c1cc(Br)ccc1I. The van der Waals surface area contributed by atoms with Crippen LogP contribution in [0.4, 0.5) is 0 Å². The fraction of sp³-hybridized carbons (Fsp3) is 0.455. The predicted octanol–water partition coefficient (Wildman–Crippen LogP) is 2.91. The van der Waals surface area contributed by atoms with Gasteiger partial charge in [-0.05, 0) is 59.2 Å². The molecule has 1 aromatic carbocycles. The lowest BCUT2D eigenvalue weighted by Gasteiger charge is -2.13. The highest BCUT2D eigenvalue weighted by atomic mass is 127. The van der Waals surface area contributed by atoms with Gasteiger partial charge in [0.2, 0.25) is 0 Å². The van der Waals surface area contributed by atoms with Crippen LogP contribution in [-0.2, 0) is 9.84 Å². The number of benzene rings is 1. The Morgan fingerprint density at radius 2 is 2.12 bits per heavy atom. The highest BCUT2D eigenvalue weighted by Crippen LogP contribution is 2.26. The lowest BCUT2D eigenvalue weighted by Crippen LogP contribution is -2.06. The molecule has 0 bridgehead atoms. The molecule has 96 valence electrons. The summed E-state index contributed by atoms with van der Waals surface area (Å²) in [6, 6.07) is 5.70. The van der Waals surface area contributed by atoms with E-state index in [9.17, 15) is 13.5 Å². The van der Waals surface area contributed by atoms with Gasteiger partial charge in [0.05, 0.1) is 6.10 Å². The molecule has 3 nitrogen and oxygen atoms in total. The molecule has 0 heterocycles. The summed E-state index contributed by atoms with van der Waals surface area (Å²) in [5.41, 5.74) is 0.841. The van der Waals surface area contributed by atoms with Gasteiger partial charge in [-0.1, -0.05) is 15.9 Å². The van der Waals surface area contributed by atoms with Crippen LogP contribution < -0.4 is 0 Å². The van der Waals surface area contributed by atoms with Crippen molar-refractivity contribution < 1.29 is 13.5 Å². The topological polar surface area (TPSA) is 54.4 Å². The number of aliphatic hydroxyl groups is 1. The Morgan fingerprint density at radius 1 is 1.47 bits per heavy atom. The summed E-state index contributed by atoms with van der Waals surface area (Å²) in [5, 5.41) is 10.0. The van der Waals surface area contributed by atoms with Crippen LogP contribution in [0.15, 0.2) is 22.7 Å². The molecule has 0 saturated carbocycles. The maximum Gasteiger partial charge on any atom is 0.147 e. The van der Waals surface area contributed by atoms with E-state index in [0.717, 1.165) is 13.6 Å². The molecule has 0 fully saturated rings. The van der Waals surface area contributed by atoms with E-state index in [1.165, 1.54) is 6.26 Å². The van der Waals surface area contributed by atoms with Gasteiger partial charge in [0.1, 0.15) is 9.84 Å². The summed E-state index contributed by atoms with van der Waals surface area (Å²) >= 11 is 5.52. The molecule has 0 radical (unpaired) electrons. The van der Waals surface area contributed by atoms with Gasteiger partial charge in [-0.2, -0.15) is 0 Å². The first-order chi connectivity index (χ1) is 7.79. The van der Waals surface area contributed by atoms with Crippen molar-refractivity contribution in [2.45, 2.75) is 18.9 Å². The fourth-order valence-electron chi connectivity index (χ4n) is 1.46.